The topological polar surface area (TPSA) is 26.1 Å². The molecule has 0 saturated heterocycles. The molecule has 80 valence electrons. The predicted molar refractivity (Wildman–Crippen MR) is 69.0 cm³/mol. The molecule has 2 rings (SSSR count). The normalized spacial score (nSPS) is 11.4. The van der Waals surface area contributed by atoms with E-state index >= 15 is 0 Å². The molecule has 2 aromatic rings. The molecule has 0 N–H and O–H groups in total. The zero-order valence-electron chi connectivity index (χ0n) is 8.51. The fraction of sp³-hybridized carbons (Fsp3) is 0. The van der Waals surface area contributed by atoms with E-state index in [0.717, 1.165) is 14.8 Å². The van der Waals surface area contributed by atoms with Crippen LogP contribution >= 0.6 is 15.9 Å². The Kier molecular flexibility index (Phi) is 3.37. The lowest BCUT2D eigenvalue weighted by Gasteiger charge is -2.02. The van der Waals surface area contributed by atoms with Crippen molar-refractivity contribution in [1.29, 1.82) is 0 Å². The minimum atomic E-state index is 0.609. The van der Waals surface area contributed by atoms with Crippen molar-refractivity contribution in [3.63, 3.8) is 0 Å². The average molecular weight is 276 g/mol. The second-order valence-electron chi connectivity index (χ2n) is 3.35. The molecule has 16 heavy (non-hydrogen) atoms. The third kappa shape index (κ3) is 2.70. The van der Waals surface area contributed by atoms with Crippen molar-refractivity contribution in [3.8, 4) is 0 Å². The van der Waals surface area contributed by atoms with Gasteiger partial charge in [-0.2, -0.15) is 4.74 Å². The van der Waals surface area contributed by atoms with Crippen LogP contribution in [0.5, 0.6) is 0 Å². The largest absolute Gasteiger partial charge is 0.618 e. The van der Waals surface area contributed by atoms with Gasteiger partial charge in [0, 0.05) is 22.2 Å². The number of benzene rings is 2. The molecule has 0 atom stereocenters. The van der Waals surface area contributed by atoms with E-state index in [0.29, 0.717) is 5.69 Å². The molecular formula is C13H10BrNO. The van der Waals surface area contributed by atoms with E-state index in [1.54, 1.807) is 18.3 Å². The first-order chi connectivity index (χ1) is 7.75. The minimum Gasteiger partial charge on any atom is -0.618 e. The van der Waals surface area contributed by atoms with Gasteiger partial charge in [0.1, 0.15) is 0 Å². The molecule has 0 amide bonds. The van der Waals surface area contributed by atoms with Crippen molar-refractivity contribution in [2.45, 2.75) is 0 Å². The molecule has 2 aromatic carbocycles. The van der Waals surface area contributed by atoms with E-state index in [1.807, 2.05) is 42.5 Å². The Labute approximate surface area is 103 Å². The fourth-order valence-electron chi connectivity index (χ4n) is 1.36. The van der Waals surface area contributed by atoms with Crippen molar-refractivity contribution in [1.82, 2.24) is 0 Å². The van der Waals surface area contributed by atoms with Crippen LogP contribution in [0.2, 0.25) is 0 Å². The minimum absolute atomic E-state index is 0.609. The van der Waals surface area contributed by atoms with Gasteiger partial charge in [-0.25, -0.2) is 0 Å². The zero-order valence-corrected chi connectivity index (χ0v) is 10.1. The Hall–Kier alpha value is -1.61. The maximum atomic E-state index is 11.8. The second-order valence-corrected chi connectivity index (χ2v) is 4.26. The first-order valence-electron chi connectivity index (χ1n) is 4.87. The van der Waals surface area contributed by atoms with Crippen molar-refractivity contribution >= 4 is 27.8 Å². The van der Waals surface area contributed by atoms with Crippen LogP contribution in [-0.2, 0) is 0 Å². The van der Waals surface area contributed by atoms with Gasteiger partial charge in [-0.05, 0) is 18.2 Å². The third-order valence-electron chi connectivity index (χ3n) is 2.13. The van der Waals surface area contributed by atoms with Gasteiger partial charge in [-0.3, -0.25) is 0 Å². The molecule has 0 radical (unpaired) electrons. The Balaban J connectivity index is 2.32. The lowest BCUT2D eigenvalue weighted by atomic mass is 10.2. The lowest BCUT2D eigenvalue weighted by molar-refractivity contribution is -0.354. The van der Waals surface area contributed by atoms with Crippen molar-refractivity contribution in [2.75, 3.05) is 0 Å². The van der Waals surface area contributed by atoms with E-state index in [9.17, 15) is 5.21 Å². The summed E-state index contributed by atoms with van der Waals surface area (Å²) in [6.07, 6.45) is 1.56. The molecule has 0 heterocycles. The Morgan fingerprint density at radius 1 is 1.00 bits per heavy atom. The summed E-state index contributed by atoms with van der Waals surface area (Å²) >= 11 is 3.34. The summed E-state index contributed by atoms with van der Waals surface area (Å²) in [4.78, 5) is 0. The quantitative estimate of drug-likeness (QED) is 0.355. The monoisotopic (exact) mass is 275 g/mol. The highest BCUT2D eigenvalue weighted by Crippen LogP contribution is 2.17. The number of nitrogens with zero attached hydrogens (tertiary/aromatic N) is 1. The van der Waals surface area contributed by atoms with Gasteiger partial charge in [0.15, 0.2) is 6.21 Å². The van der Waals surface area contributed by atoms with Gasteiger partial charge in [-0.1, -0.05) is 40.2 Å². The van der Waals surface area contributed by atoms with E-state index in [4.69, 9.17) is 0 Å². The second kappa shape index (κ2) is 4.94. The molecule has 3 heteroatoms. The average Bonchev–Trinajstić information content (AvgIpc) is 2.30. The van der Waals surface area contributed by atoms with E-state index < -0.39 is 0 Å². The van der Waals surface area contributed by atoms with Gasteiger partial charge < -0.3 is 5.21 Å². The van der Waals surface area contributed by atoms with Crippen molar-refractivity contribution < 1.29 is 4.74 Å². The van der Waals surface area contributed by atoms with Gasteiger partial charge in [0.2, 0.25) is 5.69 Å². The Bertz CT molecular complexity index is 508. The molecule has 0 saturated carbocycles. The van der Waals surface area contributed by atoms with Gasteiger partial charge in [0.25, 0.3) is 0 Å². The molecule has 0 aromatic heterocycles. The summed E-state index contributed by atoms with van der Waals surface area (Å²) in [5.41, 5.74) is 1.50. The predicted octanol–water partition coefficient (Wildman–Crippen LogP) is 3.71. The molecule has 0 unspecified atom stereocenters. The van der Waals surface area contributed by atoms with Gasteiger partial charge in [0.05, 0.1) is 0 Å². The highest BCUT2D eigenvalue weighted by atomic mass is 79.9. The number of halogens is 1. The van der Waals surface area contributed by atoms with E-state index in [2.05, 4.69) is 15.9 Å². The van der Waals surface area contributed by atoms with Gasteiger partial charge >= 0.3 is 0 Å². The first kappa shape index (κ1) is 10.9. The summed E-state index contributed by atoms with van der Waals surface area (Å²) in [6.45, 7) is 0. The molecule has 0 aliphatic rings. The smallest absolute Gasteiger partial charge is 0.217 e. The van der Waals surface area contributed by atoms with Crippen LogP contribution in [0, 0.1) is 5.21 Å². The standard InChI is InChI=1S/C13H10BrNO/c14-12-7-4-8-13(9-12)15(16)10-11-5-2-1-3-6-11/h1-10H/b15-10-. The molecule has 0 aliphatic heterocycles. The molecule has 0 fully saturated rings. The number of rotatable bonds is 2. The highest BCUT2D eigenvalue weighted by Gasteiger charge is 2.01. The highest BCUT2D eigenvalue weighted by molar-refractivity contribution is 9.10. The molecule has 0 aliphatic carbocycles. The summed E-state index contributed by atoms with van der Waals surface area (Å²) in [7, 11) is 0. The number of hydrogen-bond acceptors (Lipinski definition) is 1. The summed E-state index contributed by atoms with van der Waals surface area (Å²) in [5, 5.41) is 11.8. The third-order valence-corrected chi connectivity index (χ3v) is 2.62. The van der Waals surface area contributed by atoms with Crippen LogP contribution in [0.25, 0.3) is 0 Å². The summed E-state index contributed by atoms with van der Waals surface area (Å²) in [5.74, 6) is 0. The van der Waals surface area contributed by atoms with Crippen LogP contribution in [-0.4, -0.2) is 11.0 Å². The lowest BCUT2D eigenvalue weighted by Crippen LogP contribution is -1.98. The maximum absolute atomic E-state index is 11.8. The molecule has 0 bridgehead atoms. The maximum Gasteiger partial charge on any atom is 0.217 e. The molecular weight excluding hydrogens is 266 g/mol. The van der Waals surface area contributed by atoms with Crippen molar-refractivity contribution in [2.24, 2.45) is 0 Å². The van der Waals surface area contributed by atoms with E-state index in [1.165, 1.54) is 0 Å². The summed E-state index contributed by atoms with van der Waals surface area (Å²) < 4.78 is 1.76. The van der Waals surface area contributed by atoms with Crippen LogP contribution in [0.4, 0.5) is 5.69 Å². The molecule has 2 nitrogen and oxygen atoms in total. The molecule has 0 spiro atoms. The first-order valence-corrected chi connectivity index (χ1v) is 5.67. The SMILES string of the molecule is [O-]/[N+](=C\c1ccccc1)c1cccc(Br)c1. The Morgan fingerprint density at radius 3 is 2.44 bits per heavy atom. The van der Waals surface area contributed by atoms with Crippen LogP contribution < -0.4 is 0 Å². The van der Waals surface area contributed by atoms with Gasteiger partial charge in [-0.15, -0.1) is 0 Å². The summed E-state index contributed by atoms with van der Waals surface area (Å²) in [6, 6.07) is 16.8. The van der Waals surface area contributed by atoms with Crippen LogP contribution in [0.3, 0.4) is 0 Å². The van der Waals surface area contributed by atoms with Crippen LogP contribution in [0.1, 0.15) is 5.56 Å². The van der Waals surface area contributed by atoms with Crippen LogP contribution in [0.15, 0.2) is 59.1 Å². The fourth-order valence-corrected chi connectivity index (χ4v) is 1.75. The van der Waals surface area contributed by atoms with E-state index in [-0.39, 0.29) is 0 Å². The number of hydrogen-bond donors (Lipinski definition) is 0. The Morgan fingerprint density at radius 2 is 1.75 bits per heavy atom. The zero-order chi connectivity index (χ0) is 11.4. The van der Waals surface area contributed by atoms with Crippen molar-refractivity contribution in [3.05, 3.63) is 69.8 Å².